The Morgan fingerprint density at radius 2 is 2.13 bits per heavy atom. The van der Waals surface area contributed by atoms with E-state index in [1.807, 2.05) is 31.5 Å². The van der Waals surface area contributed by atoms with Crippen LogP contribution in [0.25, 0.3) is 4.96 Å². The van der Waals surface area contributed by atoms with E-state index in [9.17, 15) is 4.79 Å². The van der Waals surface area contributed by atoms with Crippen LogP contribution in [0, 0.1) is 3.70 Å². The first-order valence-corrected chi connectivity index (χ1v) is 9.46. The van der Waals surface area contributed by atoms with Crippen LogP contribution in [-0.4, -0.2) is 45.4 Å². The molecule has 0 unspecified atom stereocenters. The molecule has 1 saturated heterocycles. The monoisotopic (exact) mass is 449 g/mol. The lowest BCUT2D eigenvalue weighted by Gasteiger charge is -2.32. The van der Waals surface area contributed by atoms with E-state index >= 15 is 0 Å². The normalized spacial score (nSPS) is 16.8. The number of ether oxygens (including phenoxy) is 1. The van der Waals surface area contributed by atoms with Crippen LogP contribution in [0.15, 0.2) is 6.20 Å². The minimum atomic E-state index is -0.461. The Kier molecular flexibility index (Phi) is 4.68. The average molecular weight is 449 g/mol. The van der Waals surface area contributed by atoms with Gasteiger partial charge in [0, 0.05) is 19.1 Å². The third-order valence-corrected chi connectivity index (χ3v) is 5.24. The number of hydrogen-bond acceptors (Lipinski definition) is 6. The number of aromatic nitrogens is 3. The van der Waals surface area contributed by atoms with E-state index in [4.69, 9.17) is 4.74 Å². The molecule has 0 spiro atoms. The number of amides is 1. The molecule has 0 aromatic carbocycles. The number of piperidine rings is 1. The molecule has 0 bridgehead atoms. The molecule has 9 heteroatoms. The molecule has 0 atom stereocenters. The van der Waals surface area contributed by atoms with Crippen molar-refractivity contribution in [3.63, 3.8) is 0 Å². The fourth-order valence-corrected chi connectivity index (χ4v) is 4.04. The number of carbonyl (C=O) groups excluding carboxylic acids is 1. The Balaban J connectivity index is 1.55. The van der Waals surface area contributed by atoms with Crippen LogP contribution in [0.3, 0.4) is 0 Å². The summed E-state index contributed by atoms with van der Waals surface area (Å²) in [5.41, 5.74) is -0.461. The highest BCUT2D eigenvalue weighted by molar-refractivity contribution is 14.1. The van der Waals surface area contributed by atoms with Crippen molar-refractivity contribution in [2.24, 2.45) is 0 Å². The Labute approximate surface area is 152 Å². The number of halogens is 1. The van der Waals surface area contributed by atoms with Crippen LogP contribution < -0.4 is 10.2 Å². The third kappa shape index (κ3) is 4.06. The topological polar surface area (TPSA) is 71.8 Å². The van der Waals surface area contributed by atoms with E-state index in [-0.39, 0.29) is 12.1 Å². The maximum Gasteiger partial charge on any atom is 0.407 e. The molecule has 1 N–H and O–H groups in total. The van der Waals surface area contributed by atoms with Gasteiger partial charge in [-0.2, -0.15) is 4.52 Å². The molecule has 1 fully saturated rings. The van der Waals surface area contributed by atoms with Gasteiger partial charge in [-0.15, -0.1) is 5.10 Å². The molecule has 2 aromatic heterocycles. The van der Waals surface area contributed by atoms with Gasteiger partial charge in [0.15, 0.2) is 0 Å². The van der Waals surface area contributed by atoms with Crippen molar-refractivity contribution in [3.8, 4) is 0 Å². The van der Waals surface area contributed by atoms with Crippen molar-refractivity contribution in [2.45, 2.75) is 45.3 Å². The first kappa shape index (κ1) is 16.7. The van der Waals surface area contributed by atoms with E-state index in [1.165, 1.54) is 0 Å². The minimum Gasteiger partial charge on any atom is -0.444 e. The Bertz CT molecular complexity index is 700. The molecular weight excluding hydrogens is 429 g/mol. The van der Waals surface area contributed by atoms with Gasteiger partial charge in [0.1, 0.15) is 9.30 Å². The number of nitrogens with zero attached hydrogens (tertiary/aromatic N) is 4. The van der Waals surface area contributed by atoms with Gasteiger partial charge >= 0.3 is 6.09 Å². The smallest absolute Gasteiger partial charge is 0.407 e. The van der Waals surface area contributed by atoms with Crippen molar-refractivity contribution >= 4 is 50.1 Å². The lowest BCUT2D eigenvalue weighted by Crippen LogP contribution is -2.46. The van der Waals surface area contributed by atoms with Crippen LogP contribution in [0.5, 0.6) is 0 Å². The van der Waals surface area contributed by atoms with Crippen LogP contribution in [0.2, 0.25) is 0 Å². The molecule has 3 rings (SSSR count). The Hall–Kier alpha value is -1.10. The summed E-state index contributed by atoms with van der Waals surface area (Å²) < 4.78 is 8.19. The second kappa shape index (κ2) is 6.42. The highest BCUT2D eigenvalue weighted by Gasteiger charge is 2.25. The molecule has 23 heavy (non-hydrogen) atoms. The average Bonchev–Trinajstić information content (AvgIpc) is 3.00. The van der Waals surface area contributed by atoms with E-state index in [0.717, 1.165) is 39.7 Å². The highest BCUT2D eigenvalue weighted by atomic mass is 127. The zero-order valence-corrected chi connectivity index (χ0v) is 16.3. The SMILES string of the molecule is CC(C)(C)OC(=O)NC1CCN(c2nn3c(I)cnc3s2)CC1. The number of fused-ring (bicyclic) bond motifs is 1. The predicted molar refractivity (Wildman–Crippen MR) is 98.2 cm³/mol. The number of carbonyl (C=O) groups is 1. The molecule has 126 valence electrons. The molecule has 1 amide bonds. The van der Waals surface area contributed by atoms with E-state index in [0.29, 0.717) is 0 Å². The summed E-state index contributed by atoms with van der Waals surface area (Å²) in [6, 6.07) is 0.158. The summed E-state index contributed by atoms with van der Waals surface area (Å²) in [7, 11) is 0. The molecule has 1 aliphatic heterocycles. The standard InChI is InChI=1S/C14H20IN5O2S/c1-14(2,3)22-13(21)17-9-4-6-19(7-5-9)12-18-20-10(15)8-16-11(20)23-12/h8-9H,4-7H2,1-3H3,(H,17,21). The summed E-state index contributed by atoms with van der Waals surface area (Å²) >= 11 is 3.83. The highest BCUT2D eigenvalue weighted by Crippen LogP contribution is 2.26. The predicted octanol–water partition coefficient (Wildman–Crippen LogP) is 2.89. The zero-order chi connectivity index (χ0) is 16.6. The van der Waals surface area contributed by atoms with Crippen LogP contribution >= 0.6 is 33.9 Å². The number of alkyl carbamates (subject to hydrolysis) is 1. The summed E-state index contributed by atoms with van der Waals surface area (Å²) in [5.74, 6) is 0. The second-order valence-electron chi connectivity index (χ2n) is 6.57. The minimum absolute atomic E-state index is 0.158. The maximum absolute atomic E-state index is 11.8. The second-order valence-corrected chi connectivity index (χ2v) is 8.61. The van der Waals surface area contributed by atoms with Gasteiger partial charge in [0.05, 0.1) is 6.20 Å². The quantitative estimate of drug-likeness (QED) is 0.715. The fraction of sp³-hybridized carbons (Fsp3) is 0.643. The first-order chi connectivity index (χ1) is 10.8. The van der Waals surface area contributed by atoms with Crippen molar-refractivity contribution in [1.29, 1.82) is 0 Å². The lowest BCUT2D eigenvalue weighted by atomic mass is 10.1. The van der Waals surface area contributed by atoms with Crippen LogP contribution in [0.1, 0.15) is 33.6 Å². The van der Waals surface area contributed by atoms with Gasteiger partial charge in [-0.25, -0.2) is 9.78 Å². The van der Waals surface area contributed by atoms with Crippen molar-refractivity contribution < 1.29 is 9.53 Å². The number of anilines is 1. The summed E-state index contributed by atoms with van der Waals surface area (Å²) in [6.07, 6.45) is 3.26. The number of rotatable bonds is 2. The van der Waals surface area contributed by atoms with Crippen molar-refractivity contribution in [1.82, 2.24) is 19.9 Å². The zero-order valence-electron chi connectivity index (χ0n) is 13.4. The number of nitrogens with one attached hydrogen (secondary N) is 1. The molecule has 0 saturated carbocycles. The van der Waals surface area contributed by atoms with Gasteiger partial charge in [-0.1, -0.05) is 11.3 Å². The lowest BCUT2D eigenvalue weighted by molar-refractivity contribution is 0.0497. The largest absolute Gasteiger partial charge is 0.444 e. The molecule has 1 aliphatic rings. The first-order valence-electron chi connectivity index (χ1n) is 7.56. The van der Waals surface area contributed by atoms with Crippen molar-refractivity contribution in [2.75, 3.05) is 18.0 Å². The van der Waals surface area contributed by atoms with Gasteiger partial charge in [0.25, 0.3) is 0 Å². The third-order valence-electron chi connectivity index (χ3n) is 3.52. The maximum atomic E-state index is 11.8. The summed E-state index contributed by atoms with van der Waals surface area (Å²) in [6.45, 7) is 7.35. The summed E-state index contributed by atoms with van der Waals surface area (Å²) in [5, 5.41) is 8.55. The Morgan fingerprint density at radius 1 is 1.43 bits per heavy atom. The molecular formula is C14H20IN5O2S. The van der Waals surface area contributed by atoms with Gasteiger partial charge in [-0.05, 0) is 56.2 Å². The van der Waals surface area contributed by atoms with E-state index in [2.05, 4.69) is 42.9 Å². The van der Waals surface area contributed by atoms with Crippen molar-refractivity contribution in [3.05, 3.63) is 9.90 Å². The molecule has 7 nitrogen and oxygen atoms in total. The van der Waals surface area contributed by atoms with Gasteiger partial charge in [-0.3, -0.25) is 0 Å². The van der Waals surface area contributed by atoms with E-state index in [1.54, 1.807) is 11.3 Å². The van der Waals surface area contributed by atoms with Crippen LogP contribution in [0.4, 0.5) is 9.93 Å². The van der Waals surface area contributed by atoms with Gasteiger partial charge < -0.3 is 15.0 Å². The van der Waals surface area contributed by atoms with E-state index < -0.39 is 5.60 Å². The fourth-order valence-electron chi connectivity index (χ4n) is 2.47. The number of hydrogen-bond donors (Lipinski definition) is 1. The molecule has 0 radical (unpaired) electrons. The Morgan fingerprint density at radius 3 is 2.74 bits per heavy atom. The van der Waals surface area contributed by atoms with Crippen LogP contribution in [-0.2, 0) is 4.74 Å². The number of imidazole rings is 1. The molecule has 2 aromatic rings. The summed E-state index contributed by atoms with van der Waals surface area (Å²) in [4.78, 5) is 19.3. The molecule has 0 aliphatic carbocycles. The molecule has 3 heterocycles. The van der Waals surface area contributed by atoms with Gasteiger partial charge in [0.2, 0.25) is 10.1 Å².